The van der Waals surface area contributed by atoms with Gasteiger partial charge >= 0.3 is 12.0 Å². The van der Waals surface area contributed by atoms with Crippen LogP contribution in [0.15, 0.2) is 0 Å². The molecule has 5 heterocycles. The zero-order chi connectivity index (χ0) is 46.3. The Hall–Kier alpha value is -3.45. The van der Waals surface area contributed by atoms with Gasteiger partial charge in [0.1, 0.15) is 60.9 Å². The Balaban J connectivity index is 1.39. The van der Waals surface area contributed by atoms with Crippen molar-refractivity contribution in [2.45, 2.75) is 170 Å². The van der Waals surface area contributed by atoms with Crippen molar-refractivity contribution in [1.29, 1.82) is 0 Å². The molecule has 26 nitrogen and oxygen atoms in total. The largest absolute Gasteiger partial charge is 0.479 e. The smallest absolute Gasteiger partial charge is 0.338 e. The predicted octanol–water partition coefficient (Wildman–Crippen LogP) is -5.71. The number of nitrogens with one attached hydrogen (secondary N) is 5. The number of ether oxygens (including phenoxy) is 9. The van der Waals surface area contributed by atoms with Crippen LogP contribution in [-0.2, 0) is 61.8 Å². The summed E-state index contributed by atoms with van der Waals surface area (Å²) in [6, 6.07) is -4.34. The number of rotatable bonds is 19. The first kappa shape index (κ1) is 50.5. The summed E-state index contributed by atoms with van der Waals surface area (Å²) in [7, 11) is 0. The highest BCUT2D eigenvalue weighted by atomic mass is 16.8. The summed E-state index contributed by atoms with van der Waals surface area (Å²) in [6.45, 7) is 6.32. The van der Waals surface area contributed by atoms with E-state index in [4.69, 9.17) is 48.4 Å². The van der Waals surface area contributed by atoms with Crippen molar-refractivity contribution in [3.63, 3.8) is 0 Å². The molecule has 0 saturated carbocycles. The molecule has 0 aromatic carbocycles. The van der Waals surface area contributed by atoms with Crippen LogP contribution in [0.4, 0.5) is 4.79 Å². The summed E-state index contributed by atoms with van der Waals surface area (Å²) < 4.78 is 54.2. The number of hydrogen-bond acceptors (Lipinski definition) is 20. The lowest BCUT2D eigenvalue weighted by molar-refractivity contribution is -0.373. The highest BCUT2D eigenvalue weighted by Gasteiger charge is 2.61. The summed E-state index contributed by atoms with van der Waals surface area (Å²) in [4.78, 5) is 62.0. The third kappa shape index (κ3) is 12.5. The molecular weight excluding hydrogens is 848 g/mol. The molecule has 0 radical (unpaired) electrons. The lowest BCUT2D eigenvalue weighted by Crippen LogP contribution is -2.70. The van der Waals surface area contributed by atoms with Gasteiger partial charge in [0, 0.05) is 40.3 Å². The summed E-state index contributed by atoms with van der Waals surface area (Å²) in [5.74, 6) is -3.53. The molecule has 0 bridgehead atoms. The molecule has 26 heteroatoms. The van der Waals surface area contributed by atoms with E-state index in [9.17, 15) is 54.6 Å². The number of aliphatic hydroxyl groups excluding tert-OH is 5. The number of nitrogens with two attached hydrogens (primary N) is 1. The number of carbonyl (C=O) groups excluding carboxylic acids is 4. The van der Waals surface area contributed by atoms with Crippen LogP contribution in [0.25, 0.3) is 0 Å². The van der Waals surface area contributed by atoms with Crippen LogP contribution in [0, 0.1) is 0 Å². The van der Waals surface area contributed by atoms with Crippen LogP contribution in [0.5, 0.6) is 0 Å². The van der Waals surface area contributed by atoms with E-state index in [1.165, 1.54) is 20.8 Å². The average Bonchev–Trinajstić information content (AvgIpc) is 3.99. The van der Waals surface area contributed by atoms with Crippen molar-refractivity contribution in [2.24, 2.45) is 5.73 Å². The Morgan fingerprint density at radius 2 is 1.22 bits per heavy atom. The van der Waals surface area contributed by atoms with E-state index in [0.717, 1.165) is 13.8 Å². The first-order chi connectivity index (χ1) is 29.8. The Morgan fingerprint density at radius 3 is 1.81 bits per heavy atom. The molecule has 0 aromatic heterocycles. The van der Waals surface area contributed by atoms with Crippen molar-refractivity contribution in [1.82, 2.24) is 26.6 Å². The van der Waals surface area contributed by atoms with E-state index in [2.05, 4.69) is 26.6 Å². The summed E-state index contributed by atoms with van der Waals surface area (Å²) in [5, 5.41) is 78.1. The molecule has 360 valence electrons. The number of hydrogen-bond donors (Lipinski definition) is 12. The van der Waals surface area contributed by atoms with Crippen LogP contribution in [0.3, 0.4) is 0 Å². The van der Waals surface area contributed by atoms with Crippen LogP contribution in [-0.4, -0.2) is 209 Å². The van der Waals surface area contributed by atoms with Crippen LogP contribution in [0.1, 0.15) is 53.9 Å². The predicted molar refractivity (Wildman–Crippen MR) is 206 cm³/mol. The van der Waals surface area contributed by atoms with Gasteiger partial charge in [0.2, 0.25) is 17.7 Å². The topological polar surface area (TPSA) is 379 Å². The van der Waals surface area contributed by atoms with Gasteiger partial charge in [-0.05, 0) is 33.2 Å². The first-order valence-corrected chi connectivity index (χ1v) is 20.8. The normalized spacial score (nSPS) is 41.1. The molecule has 11 unspecified atom stereocenters. The van der Waals surface area contributed by atoms with Crippen LogP contribution < -0.4 is 32.3 Å². The minimum absolute atomic E-state index is 0.0551. The maximum absolute atomic E-state index is 12.8. The number of carboxylic acids is 1. The zero-order valence-electron chi connectivity index (χ0n) is 35.5. The van der Waals surface area contributed by atoms with Gasteiger partial charge in [-0.3, -0.25) is 14.4 Å². The fourth-order valence-electron chi connectivity index (χ4n) is 7.77. The number of carbonyl (C=O) groups is 5. The maximum Gasteiger partial charge on any atom is 0.338 e. The van der Waals surface area contributed by atoms with Gasteiger partial charge in [-0.2, -0.15) is 0 Å². The Kier molecular flexibility index (Phi) is 17.8. The molecule has 19 atom stereocenters. The Labute approximate surface area is 362 Å². The van der Waals surface area contributed by atoms with Crippen molar-refractivity contribution < 1.29 is 97.2 Å². The van der Waals surface area contributed by atoms with E-state index in [1.807, 2.05) is 0 Å². The highest BCUT2D eigenvalue weighted by molar-refractivity contribution is 5.78. The number of urea groups is 1. The lowest BCUT2D eigenvalue weighted by Gasteiger charge is -2.50. The van der Waals surface area contributed by atoms with Gasteiger partial charge in [0.25, 0.3) is 0 Å². The van der Waals surface area contributed by atoms with E-state index in [1.54, 1.807) is 0 Å². The third-order valence-electron chi connectivity index (χ3n) is 11.1. The van der Waals surface area contributed by atoms with Gasteiger partial charge in [-0.25, -0.2) is 9.59 Å². The molecule has 5 fully saturated rings. The molecule has 5 aliphatic rings. The molecule has 5 saturated heterocycles. The van der Waals surface area contributed by atoms with Gasteiger partial charge < -0.3 is 106 Å². The average molecular weight is 911 g/mol. The molecule has 63 heavy (non-hydrogen) atoms. The third-order valence-corrected chi connectivity index (χ3v) is 11.1. The second-order valence-electron chi connectivity index (χ2n) is 16.1. The molecule has 13 N–H and O–H groups in total. The number of epoxide rings is 1. The fourth-order valence-corrected chi connectivity index (χ4v) is 7.77. The summed E-state index contributed by atoms with van der Waals surface area (Å²) in [5.41, 5.74) is 2.96. The highest BCUT2D eigenvalue weighted by Crippen LogP contribution is 2.41. The molecule has 5 amide bonds. The van der Waals surface area contributed by atoms with Crippen LogP contribution >= 0.6 is 0 Å². The molecule has 0 aromatic rings. The van der Waals surface area contributed by atoms with Gasteiger partial charge in [0.05, 0.1) is 31.5 Å². The molecular formula is C37H62N6O20. The molecule has 0 aliphatic carbocycles. The number of aliphatic hydroxyl groups is 5. The van der Waals surface area contributed by atoms with Gasteiger partial charge in [0.15, 0.2) is 37.1 Å². The second kappa shape index (κ2) is 22.2. The number of amides is 5. The minimum atomic E-state index is -2.49. The van der Waals surface area contributed by atoms with Crippen molar-refractivity contribution in [3.8, 4) is 0 Å². The fraction of sp³-hybridized carbons (Fsp3) is 0.865. The second-order valence-corrected chi connectivity index (χ2v) is 16.1. The molecule has 5 rings (SSSR count). The van der Waals surface area contributed by atoms with Gasteiger partial charge in [-0.1, -0.05) is 0 Å². The first-order valence-electron chi connectivity index (χ1n) is 20.8. The Morgan fingerprint density at radius 1 is 0.683 bits per heavy atom. The van der Waals surface area contributed by atoms with Crippen LogP contribution in [0.2, 0.25) is 0 Å². The molecule has 0 spiro atoms. The number of carboxylic acid groups (broad SMARTS) is 1. The standard InChI is InChI=1S/C37H62N6O20/c1-14-23(49)25(51)20(41-16(3)45)31(56-14)58-26-19(48)12-37(13-44,35(52)53)63-34(26)59-27-21(42-17(4)46)32(57-15(2)24(27)50)60-28-22(43-18(5)47)30(62-33-29(28)61-33)55-11-7-10-40-36(54)39-9-6-8-38/h14-15,19-34,44,48-51H,6-13,38H2,1-5H3,(H,41,45)(H,42,46)(H,43,47)(H,52,53)(H2,39,40,54)/t14?,15?,19?,20-,21?,22?,23+,24+,25?,26?,27?,28?,29+,30+,31-,32-,33?,34+,37?/m0/s1. The SMILES string of the molecule is CC(=O)NC1C(O[C@@H]2OC(CO)(C(=O)O)CC(O)C2O[C@@H]2OC(C)[C@@H](O)C(O)[C@@H]2NC(C)=O)[C@H](O)C(C)O[C@H]1OC1C(NC(C)=O)[C@H](OCCCNC(=O)NCCCN)OC2O[C@@H]21. The van der Waals surface area contributed by atoms with E-state index < -0.39 is 153 Å². The van der Waals surface area contributed by atoms with E-state index >= 15 is 0 Å². The number of fused-ring (bicyclic) bond motifs is 1. The summed E-state index contributed by atoms with van der Waals surface area (Å²) in [6.07, 6.45) is -21.1. The van der Waals surface area contributed by atoms with Gasteiger partial charge in [-0.15, -0.1) is 0 Å². The zero-order valence-corrected chi connectivity index (χ0v) is 35.5. The Bertz CT molecular complexity index is 1590. The maximum atomic E-state index is 12.8. The van der Waals surface area contributed by atoms with Crippen molar-refractivity contribution in [3.05, 3.63) is 0 Å². The quantitative estimate of drug-likeness (QED) is 0.0424. The lowest BCUT2D eigenvalue weighted by atomic mass is 9.89. The van der Waals surface area contributed by atoms with Crippen molar-refractivity contribution in [2.75, 3.05) is 32.8 Å². The number of aliphatic carboxylic acids is 1. The van der Waals surface area contributed by atoms with E-state index in [-0.39, 0.29) is 19.2 Å². The monoisotopic (exact) mass is 910 g/mol. The summed E-state index contributed by atoms with van der Waals surface area (Å²) >= 11 is 0. The minimum Gasteiger partial charge on any atom is -0.479 e. The van der Waals surface area contributed by atoms with Crippen molar-refractivity contribution >= 4 is 29.7 Å². The molecule has 5 aliphatic heterocycles. The van der Waals surface area contributed by atoms with E-state index in [0.29, 0.717) is 25.9 Å².